The summed E-state index contributed by atoms with van der Waals surface area (Å²) in [6, 6.07) is 10.3. The van der Waals surface area contributed by atoms with Gasteiger partial charge in [-0.05, 0) is 31.2 Å². The number of rotatable bonds is 4. The summed E-state index contributed by atoms with van der Waals surface area (Å²) in [7, 11) is 0. The Morgan fingerprint density at radius 1 is 1.25 bits per heavy atom. The van der Waals surface area contributed by atoms with Crippen molar-refractivity contribution >= 4 is 29.0 Å². The second-order valence-corrected chi connectivity index (χ2v) is 5.74. The Hall–Kier alpha value is -3.02. The van der Waals surface area contributed by atoms with Crippen LogP contribution in [0.5, 0.6) is 0 Å². The third kappa shape index (κ3) is 3.32. The standard InChI is InChI=1S/C18H17N3O3/c1-12(22)13-4-2-5-15(8-13)20-18(24)14-9-17(23)21(11-14)16-6-3-7-19-10-16/h2-8,10,14H,9,11H2,1H3,(H,20,24). The van der Waals surface area contributed by atoms with Gasteiger partial charge in [-0.15, -0.1) is 0 Å². The molecule has 2 aromatic rings. The van der Waals surface area contributed by atoms with Crippen LogP contribution in [0, 0.1) is 5.92 Å². The average Bonchev–Trinajstić information content (AvgIpc) is 2.98. The number of amides is 2. The predicted octanol–water partition coefficient (Wildman–Crippen LogP) is 2.28. The highest BCUT2D eigenvalue weighted by atomic mass is 16.2. The van der Waals surface area contributed by atoms with Gasteiger partial charge in [0, 0.05) is 30.4 Å². The second kappa shape index (κ2) is 6.62. The lowest BCUT2D eigenvalue weighted by Crippen LogP contribution is -2.28. The smallest absolute Gasteiger partial charge is 0.229 e. The molecule has 1 unspecified atom stereocenters. The number of nitrogens with one attached hydrogen (secondary N) is 1. The molecule has 0 aliphatic carbocycles. The van der Waals surface area contributed by atoms with Gasteiger partial charge in [-0.25, -0.2) is 0 Å². The van der Waals surface area contributed by atoms with E-state index in [1.807, 2.05) is 0 Å². The third-order valence-corrected chi connectivity index (χ3v) is 3.99. The summed E-state index contributed by atoms with van der Waals surface area (Å²) in [6.45, 7) is 1.80. The fraction of sp³-hybridized carbons (Fsp3) is 0.222. The van der Waals surface area contributed by atoms with Crippen molar-refractivity contribution in [3.63, 3.8) is 0 Å². The van der Waals surface area contributed by atoms with Crippen LogP contribution < -0.4 is 10.2 Å². The normalized spacial score (nSPS) is 17.0. The molecule has 6 nitrogen and oxygen atoms in total. The molecule has 1 saturated heterocycles. The van der Waals surface area contributed by atoms with Crippen LogP contribution in [-0.2, 0) is 9.59 Å². The van der Waals surface area contributed by atoms with Crippen molar-refractivity contribution in [2.45, 2.75) is 13.3 Å². The van der Waals surface area contributed by atoms with Gasteiger partial charge in [-0.1, -0.05) is 12.1 Å². The Balaban J connectivity index is 1.69. The van der Waals surface area contributed by atoms with Crippen LogP contribution in [0.3, 0.4) is 0 Å². The zero-order valence-electron chi connectivity index (χ0n) is 13.2. The van der Waals surface area contributed by atoms with E-state index < -0.39 is 5.92 Å². The first-order valence-electron chi connectivity index (χ1n) is 7.67. The van der Waals surface area contributed by atoms with E-state index in [9.17, 15) is 14.4 Å². The molecule has 0 bridgehead atoms. The number of carbonyl (C=O) groups is 3. The number of benzene rings is 1. The van der Waals surface area contributed by atoms with Crippen molar-refractivity contribution in [2.75, 3.05) is 16.8 Å². The summed E-state index contributed by atoms with van der Waals surface area (Å²) >= 11 is 0. The molecule has 0 saturated carbocycles. The van der Waals surface area contributed by atoms with Gasteiger partial charge >= 0.3 is 0 Å². The number of Topliss-reactive ketones (excluding diaryl/α,β-unsaturated/α-hetero) is 1. The molecule has 1 atom stereocenters. The van der Waals surface area contributed by atoms with Gasteiger partial charge < -0.3 is 10.2 Å². The van der Waals surface area contributed by atoms with Crippen molar-refractivity contribution in [1.82, 2.24) is 4.98 Å². The second-order valence-electron chi connectivity index (χ2n) is 5.74. The summed E-state index contributed by atoms with van der Waals surface area (Å²) < 4.78 is 0. The fourth-order valence-corrected chi connectivity index (χ4v) is 2.71. The van der Waals surface area contributed by atoms with Crippen molar-refractivity contribution in [3.8, 4) is 0 Å². The van der Waals surface area contributed by atoms with Gasteiger partial charge in [-0.3, -0.25) is 19.4 Å². The van der Waals surface area contributed by atoms with E-state index in [1.54, 1.807) is 53.7 Å². The minimum atomic E-state index is -0.432. The molecule has 1 aromatic carbocycles. The van der Waals surface area contributed by atoms with E-state index in [0.717, 1.165) is 0 Å². The van der Waals surface area contributed by atoms with Crippen LogP contribution in [0.2, 0.25) is 0 Å². The SMILES string of the molecule is CC(=O)c1cccc(NC(=O)C2CC(=O)N(c3cccnc3)C2)c1. The van der Waals surface area contributed by atoms with E-state index in [-0.39, 0.29) is 24.0 Å². The van der Waals surface area contributed by atoms with E-state index in [4.69, 9.17) is 0 Å². The lowest BCUT2D eigenvalue weighted by Gasteiger charge is -2.16. The molecule has 3 rings (SSSR count). The first kappa shape index (κ1) is 15.9. The Kier molecular flexibility index (Phi) is 4.37. The van der Waals surface area contributed by atoms with Crippen LogP contribution in [0.25, 0.3) is 0 Å². The molecule has 0 spiro atoms. The van der Waals surface area contributed by atoms with Gasteiger partial charge in [0.15, 0.2) is 5.78 Å². The summed E-state index contributed by atoms with van der Waals surface area (Å²) in [5.41, 5.74) is 1.78. The molecule has 122 valence electrons. The lowest BCUT2D eigenvalue weighted by atomic mass is 10.1. The maximum Gasteiger partial charge on any atom is 0.229 e. The van der Waals surface area contributed by atoms with Crippen LogP contribution in [0.4, 0.5) is 11.4 Å². The molecule has 24 heavy (non-hydrogen) atoms. The number of aromatic nitrogens is 1. The first-order valence-corrected chi connectivity index (χ1v) is 7.67. The summed E-state index contributed by atoms with van der Waals surface area (Å²) in [4.78, 5) is 41.6. The molecule has 6 heteroatoms. The zero-order chi connectivity index (χ0) is 17.1. The van der Waals surface area contributed by atoms with Crippen LogP contribution in [0.1, 0.15) is 23.7 Å². The number of anilines is 2. The van der Waals surface area contributed by atoms with E-state index in [0.29, 0.717) is 23.5 Å². The maximum atomic E-state index is 12.4. The van der Waals surface area contributed by atoms with E-state index in [2.05, 4.69) is 10.3 Å². The molecular weight excluding hydrogens is 306 g/mol. The molecule has 1 aliphatic heterocycles. The van der Waals surface area contributed by atoms with Crippen molar-refractivity contribution in [2.24, 2.45) is 5.92 Å². The molecular formula is C18H17N3O3. The van der Waals surface area contributed by atoms with Gasteiger partial charge in [0.25, 0.3) is 0 Å². The topological polar surface area (TPSA) is 79.4 Å². The zero-order valence-corrected chi connectivity index (χ0v) is 13.2. The van der Waals surface area contributed by atoms with Crippen molar-refractivity contribution in [1.29, 1.82) is 0 Å². The quantitative estimate of drug-likeness (QED) is 0.876. The number of carbonyl (C=O) groups excluding carboxylic acids is 3. The Labute approximate surface area is 139 Å². The molecule has 1 N–H and O–H groups in total. The number of hydrogen-bond acceptors (Lipinski definition) is 4. The Morgan fingerprint density at radius 2 is 2.08 bits per heavy atom. The number of pyridine rings is 1. The van der Waals surface area contributed by atoms with Crippen LogP contribution >= 0.6 is 0 Å². The van der Waals surface area contributed by atoms with Crippen molar-refractivity contribution < 1.29 is 14.4 Å². The fourth-order valence-electron chi connectivity index (χ4n) is 2.71. The van der Waals surface area contributed by atoms with Gasteiger partial charge in [0.1, 0.15) is 0 Å². The third-order valence-electron chi connectivity index (χ3n) is 3.99. The number of hydrogen-bond donors (Lipinski definition) is 1. The minimum Gasteiger partial charge on any atom is -0.326 e. The summed E-state index contributed by atoms with van der Waals surface area (Å²) in [5, 5.41) is 2.79. The largest absolute Gasteiger partial charge is 0.326 e. The van der Waals surface area contributed by atoms with Gasteiger partial charge in [-0.2, -0.15) is 0 Å². The first-order chi connectivity index (χ1) is 11.5. The lowest BCUT2D eigenvalue weighted by molar-refractivity contribution is -0.122. The highest BCUT2D eigenvalue weighted by molar-refractivity contribution is 6.04. The molecule has 2 amide bonds. The molecule has 0 radical (unpaired) electrons. The van der Waals surface area contributed by atoms with E-state index >= 15 is 0 Å². The minimum absolute atomic E-state index is 0.0649. The predicted molar refractivity (Wildman–Crippen MR) is 89.8 cm³/mol. The highest BCUT2D eigenvalue weighted by Crippen LogP contribution is 2.25. The molecule has 2 heterocycles. The van der Waals surface area contributed by atoms with Crippen molar-refractivity contribution in [3.05, 3.63) is 54.4 Å². The number of nitrogens with zero attached hydrogens (tertiary/aromatic N) is 2. The molecule has 1 aromatic heterocycles. The summed E-state index contributed by atoms with van der Waals surface area (Å²) in [6.07, 6.45) is 3.40. The number of ketones is 1. The monoisotopic (exact) mass is 323 g/mol. The van der Waals surface area contributed by atoms with Crippen LogP contribution in [0.15, 0.2) is 48.8 Å². The average molecular weight is 323 g/mol. The van der Waals surface area contributed by atoms with Crippen LogP contribution in [-0.4, -0.2) is 29.1 Å². The molecule has 1 fully saturated rings. The highest BCUT2D eigenvalue weighted by Gasteiger charge is 2.35. The Morgan fingerprint density at radius 3 is 2.79 bits per heavy atom. The summed E-state index contributed by atoms with van der Waals surface area (Å²) in [5.74, 6) is -0.820. The maximum absolute atomic E-state index is 12.4. The van der Waals surface area contributed by atoms with E-state index in [1.165, 1.54) is 6.92 Å². The van der Waals surface area contributed by atoms with Gasteiger partial charge in [0.2, 0.25) is 11.8 Å². The Bertz CT molecular complexity index is 789. The molecule has 1 aliphatic rings. The van der Waals surface area contributed by atoms with Gasteiger partial charge in [0.05, 0.1) is 17.8 Å².